The van der Waals surface area contributed by atoms with Crippen molar-refractivity contribution in [2.45, 2.75) is 25.7 Å². The molecule has 0 bridgehead atoms. The Morgan fingerprint density at radius 1 is 1.26 bits per heavy atom. The molecule has 0 unspecified atom stereocenters. The van der Waals surface area contributed by atoms with Gasteiger partial charge in [0.15, 0.2) is 0 Å². The van der Waals surface area contributed by atoms with E-state index in [1.54, 1.807) is 32.9 Å². The van der Waals surface area contributed by atoms with E-state index in [-0.39, 0.29) is 10.5 Å². The van der Waals surface area contributed by atoms with E-state index < -0.39 is 16.0 Å². The van der Waals surface area contributed by atoms with Gasteiger partial charge in [0.2, 0.25) is 10.0 Å². The van der Waals surface area contributed by atoms with Gasteiger partial charge in [-0.3, -0.25) is 0 Å². The van der Waals surface area contributed by atoms with E-state index in [0.29, 0.717) is 18.7 Å². The molecule has 0 aliphatic rings. The first-order chi connectivity index (χ1) is 8.88. The van der Waals surface area contributed by atoms with E-state index in [9.17, 15) is 13.2 Å². The predicted octanol–water partition coefficient (Wildman–Crippen LogP) is 1.81. The maximum absolute atomic E-state index is 12.5. The van der Waals surface area contributed by atoms with Crippen molar-refractivity contribution in [2.24, 2.45) is 0 Å². The number of nitrogens with zero attached hydrogens (tertiary/aromatic N) is 1. The Morgan fingerprint density at radius 2 is 1.84 bits per heavy atom. The monoisotopic (exact) mass is 285 g/mol. The number of rotatable bonds is 5. The highest BCUT2D eigenvalue weighted by atomic mass is 32.2. The third kappa shape index (κ3) is 3.13. The zero-order chi connectivity index (χ0) is 14.6. The van der Waals surface area contributed by atoms with Crippen molar-refractivity contribution in [3.05, 3.63) is 29.3 Å². The van der Waals surface area contributed by atoms with Gasteiger partial charge in [0.1, 0.15) is 0 Å². The molecule has 0 spiro atoms. The number of ether oxygens (including phenoxy) is 1. The molecule has 0 aliphatic heterocycles. The third-order valence-corrected chi connectivity index (χ3v) is 5.12. The summed E-state index contributed by atoms with van der Waals surface area (Å²) in [6.45, 7) is 6.04. The van der Waals surface area contributed by atoms with Crippen molar-refractivity contribution in [1.82, 2.24) is 4.31 Å². The van der Waals surface area contributed by atoms with Crippen LogP contribution in [0.15, 0.2) is 23.1 Å². The second-order valence-corrected chi connectivity index (χ2v) is 5.97. The Balaban J connectivity index is 3.37. The molecule has 106 valence electrons. The highest BCUT2D eigenvalue weighted by molar-refractivity contribution is 7.89. The molecule has 0 aromatic heterocycles. The quantitative estimate of drug-likeness (QED) is 0.774. The molecule has 0 amide bonds. The first kappa shape index (κ1) is 15.7. The predicted molar refractivity (Wildman–Crippen MR) is 72.6 cm³/mol. The van der Waals surface area contributed by atoms with E-state index in [1.807, 2.05) is 0 Å². The van der Waals surface area contributed by atoms with Gasteiger partial charge in [-0.25, -0.2) is 13.2 Å². The zero-order valence-electron chi connectivity index (χ0n) is 11.6. The molecule has 19 heavy (non-hydrogen) atoms. The average molecular weight is 285 g/mol. The Morgan fingerprint density at radius 3 is 2.32 bits per heavy atom. The molecular formula is C13H19NO4S. The molecule has 5 nitrogen and oxygen atoms in total. The lowest BCUT2D eigenvalue weighted by Crippen LogP contribution is -2.31. The van der Waals surface area contributed by atoms with Gasteiger partial charge in [-0.05, 0) is 24.6 Å². The van der Waals surface area contributed by atoms with Crippen LogP contribution in [0.2, 0.25) is 0 Å². The van der Waals surface area contributed by atoms with Gasteiger partial charge in [-0.1, -0.05) is 19.9 Å². The maximum Gasteiger partial charge on any atom is 0.337 e. The SMILES string of the molecule is CCN(CC)S(=O)(=O)c1cc(C(=O)OC)ccc1C. The molecule has 0 N–H and O–H groups in total. The van der Waals surface area contributed by atoms with Gasteiger partial charge >= 0.3 is 5.97 Å². The van der Waals surface area contributed by atoms with E-state index in [2.05, 4.69) is 4.74 Å². The first-order valence-electron chi connectivity index (χ1n) is 6.07. The van der Waals surface area contributed by atoms with Crippen LogP contribution >= 0.6 is 0 Å². The fraction of sp³-hybridized carbons (Fsp3) is 0.462. The Bertz CT molecular complexity index is 562. The van der Waals surface area contributed by atoms with E-state index >= 15 is 0 Å². The number of methoxy groups -OCH3 is 1. The zero-order valence-corrected chi connectivity index (χ0v) is 12.5. The van der Waals surface area contributed by atoms with E-state index in [0.717, 1.165) is 0 Å². The minimum atomic E-state index is -3.57. The second-order valence-electron chi connectivity index (χ2n) is 4.06. The number of aryl methyl sites for hydroxylation is 1. The first-order valence-corrected chi connectivity index (χ1v) is 7.51. The molecular weight excluding hydrogens is 266 g/mol. The molecule has 6 heteroatoms. The summed E-state index contributed by atoms with van der Waals surface area (Å²) >= 11 is 0. The van der Waals surface area contributed by atoms with Crippen LogP contribution < -0.4 is 0 Å². The van der Waals surface area contributed by atoms with Gasteiger partial charge in [0.25, 0.3) is 0 Å². The lowest BCUT2D eigenvalue weighted by atomic mass is 10.1. The summed E-state index contributed by atoms with van der Waals surface area (Å²) in [5, 5.41) is 0. The van der Waals surface area contributed by atoms with Gasteiger partial charge in [0.05, 0.1) is 17.6 Å². The van der Waals surface area contributed by atoms with Crippen LogP contribution in [0.25, 0.3) is 0 Å². The standard InChI is InChI=1S/C13H19NO4S/c1-5-14(6-2)19(16,17)12-9-11(13(15)18-4)8-7-10(12)3/h7-9H,5-6H2,1-4H3. The van der Waals surface area contributed by atoms with Crippen molar-refractivity contribution >= 4 is 16.0 Å². The highest BCUT2D eigenvalue weighted by Crippen LogP contribution is 2.21. The van der Waals surface area contributed by atoms with Crippen LogP contribution in [0.5, 0.6) is 0 Å². The van der Waals surface area contributed by atoms with E-state index in [1.165, 1.54) is 17.5 Å². The minimum Gasteiger partial charge on any atom is -0.465 e. The number of benzene rings is 1. The summed E-state index contributed by atoms with van der Waals surface area (Å²) in [7, 11) is -2.31. The molecule has 0 heterocycles. The van der Waals surface area contributed by atoms with Crippen LogP contribution in [0.1, 0.15) is 29.8 Å². The lowest BCUT2D eigenvalue weighted by molar-refractivity contribution is 0.0600. The van der Waals surface area contributed by atoms with Crippen LogP contribution in [-0.2, 0) is 14.8 Å². The normalized spacial score (nSPS) is 11.6. The molecule has 0 aliphatic carbocycles. The number of hydrogen-bond acceptors (Lipinski definition) is 4. The van der Waals surface area contributed by atoms with Crippen LogP contribution in [0.3, 0.4) is 0 Å². The minimum absolute atomic E-state index is 0.152. The fourth-order valence-corrected chi connectivity index (χ4v) is 3.53. The smallest absolute Gasteiger partial charge is 0.337 e. The summed E-state index contributed by atoms with van der Waals surface area (Å²) in [6.07, 6.45) is 0. The summed E-state index contributed by atoms with van der Waals surface area (Å²) in [5.41, 5.74) is 0.846. The van der Waals surface area contributed by atoms with Gasteiger partial charge in [-0.15, -0.1) is 0 Å². The number of esters is 1. The van der Waals surface area contributed by atoms with Crippen molar-refractivity contribution in [3.63, 3.8) is 0 Å². The molecule has 0 saturated heterocycles. The molecule has 0 atom stereocenters. The van der Waals surface area contributed by atoms with Gasteiger partial charge < -0.3 is 4.74 Å². The van der Waals surface area contributed by atoms with Crippen molar-refractivity contribution in [1.29, 1.82) is 0 Å². The summed E-state index contributed by atoms with van der Waals surface area (Å²) in [6, 6.07) is 4.54. The Kier molecular flexibility index (Phi) is 5.08. The van der Waals surface area contributed by atoms with Crippen LogP contribution in [0, 0.1) is 6.92 Å². The van der Waals surface area contributed by atoms with Crippen molar-refractivity contribution < 1.29 is 17.9 Å². The average Bonchev–Trinajstić information content (AvgIpc) is 2.39. The molecule has 1 rings (SSSR count). The summed E-state index contributed by atoms with van der Waals surface area (Å²) in [5.74, 6) is -0.545. The number of carbonyl (C=O) groups excluding carboxylic acids is 1. The van der Waals surface area contributed by atoms with Gasteiger partial charge in [0, 0.05) is 13.1 Å². The highest BCUT2D eigenvalue weighted by Gasteiger charge is 2.24. The lowest BCUT2D eigenvalue weighted by Gasteiger charge is -2.20. The van der Waals surface area contributed by atoms with Crippen molar-refractivity contribution in [2.75, 3.05) is 20.2 Å². The molecule has 0 fully saturated rings. The Hall–Kier alpha value is -1.40. The molecule has 0 radical (unpaired) electrons. The number of sulfonamides is 1. The van der Waals surface area contributed by atoms with E-state index in [4.69, 9.17) is 0 Å². The fourth-order valence-electron chi connectivity index (χ4n) is 1.83. The van der Waals surface area contributed by atoms with Gasteiger partial charge in [-0.2, -0.15) is 4.31 Å². The largest absolute Gasteiger partial charge is 0.465 e. The maximum atomic E-state index is 12.5. The topological polar surface area (TPSA) is 63.7 Å². The molecule has 0 saturated carbocycles. The number of carbonyl (C=O) groups is 1. The molecule has 1 aromatic carbocycles. The van der Waals surface area contributed by atoms with Crippen molar-refractivity contribution in [3.8, 4) is 0 Å². The second kappa shape index (κ2) is 6.16. The molecule has 1 aromatic rings. The third-order valence-electron chi connectivity index (χ3n) is 2.93. The van der Waals surface area contributed by atoms with Crippen LogP contribution in [-0.4, -0.2) is 38.9 Å². The summed E-state index contributed by atoms with van der Waals surface area (Å²) in [4.78, 5) is 11.6. The Labute approximate surface area is 114 Å². The summed E-state index contributed by atoms with van der Waals surface area (Å²) < 4.78 is 30.9. The number of hydrogen-bond donors (Lipinski definition) is 0. The van der Waals surface area contributed by atoms with Crippen LogP contribution in [0.4, 0.5) is 0 Å².